The topological polar surface area (TPSA) is 73.8 Å². The van der Waals surface area contributed by atoms with E-state index in [-0.39, 0.29) is 5.82 Å². The number of sulfonamides is 1. The fraction of sp³-hybridized carbons (Fsp3) is 0.611. The van der Waals surface area contributed by atoms with E-state index in [0.717, 1.165) is 24.1 Å². The number of halogens is 1. The standard InChI is InChI=1S/C18H31FN4O2S/c1-5-20-18(21-11-7-13-23(6-2)26(4,24)25)22-12-10-16-8-9-17(19)14-15(16)3/h8-9,14H,5-7,10-13H2,1-4H3,(H2,20,21,22). The Morgan fingerprint density at radius 1 is 1.27 bits per heavy atom. The normalized spacial score (nSPS) is 12.5. The quantitative estimate of drug-likeness (QED) is 0.366. The number of guanidine groups is 1. The van der Waals surface area contributed by atoms with Gasteiger partial charge in [-0.3, -0.25) is 4.99 Å². The Morgan fingerprint density at radius 2 is 2.00 bits per heavy atom. The van der Waals surface area contributed by atoms with E-state index in [4.69, 9.17) is 0 Å². The van der Waals surface area contributed by atoms with Crippen LogP contribution in [-0.2, 0) is 16.4 Å². The number of hydrogen-bond acceptors (Lipinski definition) is 3. The van der Waals surface area contributed by atoms with E-state index in [9.17, 15) is 12.8 Å². The summed E-state index contributed by atoms with van der Waals surface area (Å²) in [4.78, 5) is 4.48. The molecule has 0 heterocycles. The summed E-state index contributed by atoms with van der Waals surface area (Å²) in [5.74, 6) is 0.485. The van der Waals surface area contributed by atoms with E-state index in [0.29, 0.717) is 38.6 Å². The lowest BCUT2D eigenvalue weighted by molar-refractivity contribution is 0.427. The van der Waals surface area contributed by atoms with Gasteiger partial charge in [-0.05, 0) is 49.9 Å². The van der Waals surface area contributed by atoms with Crippen LogP contribution in [0.1, 0.15) is 31.4 Å². The van der Waals surface area contributed by atoms with Gasteiger partial charge in [0.05, 0.1) is 6.26 Å². The lowest BCUT2D eigenvalue weighted by Gasteiger charge is -2.17. The molecule has 2 N–H and O–H groups in total. The number of aryl methyl sites for hydroxylation is 1. The van der Waals surface area contributed by atoms with Gasteiger partial charge in [0.1, 0.15) is 5.82 Å². The van der Waals surface area contributed by atoms with E-state index in [1.807, 2.05) is 20.8 Å². The summed E-state index contributed by atoms with van der Waals surface area (Å²) in [6, 6.07) is 4.82. The molecule has 1 aromatic carbocycles. The van der Waals surface area contributed by atoms with Crippen LogP contribution in [0.3, 0.4) is 0 Å². The molecule has 0 aliphatic carbocycles. The summed E-state index contributed by atoms with van der Waals surface area (Å²) in [5, 5.41) is 6.43. The van der Waals surface area contributed by atoms with Crippen LogP contribution in [0, 0.1) is 12.7 Å². The van der Waals surface area contributed by atoms with Crippen LogP contribution in [-0.4, -0.2) is 57.7 Å². The second kappa shape index (κ2) is 11.1. The van der Waals surface area contributed by atoms with E-state index in [2.05, 4.69) is 15.6 Å². The lowest BCUT2D eigenvalue weighted by Crippen LogP contribution is -2.38. The molecule has 0 fully saturated rings. The van der Waals surface area contributed by atoms with Crippen molar-refractivity contribution in [2.75, 3.05) is 39.0 Å². The largest absolute Gasteiger partial charge is 0.357 e. The summed E-state index contributed by atoms with van der Waals surface area (Å²) in [5.41, 5.74) is 2.04. The Hall–Kier alpha value is -1.67. The predicted octanol–water partition coefficient (Wildman–Crippen LogP) is 1.90. The highest BCUT2D eigenvalue weighted by atomic mass is 32.2. The molecule has 1 rings (SSSR count). The van der Waals surface area contributed by atoms with E-state index in [1.165, 1.54) is 22.7 Å². The van der Waals surface area contributed by atoms with Crippen molar-refractivity contribution in [1.82, 2.24) is 14.9 Å². The van der Waals surface area contributed by atoms with Crippen molar-refractivity contribution in [3.8, 4) is 0 Å². The van der Waals surface area contributed by atoms with E-state index < -0.39 is 10.0 Å². The molecule has 0 unspecified atom stereocenters. The summed E-state index contributed by atoms with van der Waals surface area (Å²) < 4.78 is 37.7. The van der Waals surface area contributed by atoms with Crippen molar-refractivity contribution in [3.63, 3.8) is 0 Å². The first-order chi connectivity index (χ1) is 12.3. The van der Waals surface area contributed by atoms with Crippen molar-refractivity contribution < 1.29 is 12.8 Å². The van der Waals surface area contributed by atoms with E-state index in [1.54, 1.807) is 6.07 Å². The van der Waals surface area contributed by atoms with Crippen molar-refractivity contribution in [1.29, 1.82) is 0 Å². The molecule has 0 bridgehead atoms. The van der Waals surface area contributed by atoms with Gasteiger partial charge in [0.2, 0.25) is 10.0 Å². The molecule has 0 aliphatic heterocycles. The molecule has 0 aliphatic rings. The molecule has 0 saturated carbocycles. The zero-order chi connectivity index (χ0) is 19.6. The maximum atomic E-state index is 13.1. The van der Waals surface area contributed by atoms with Gasteiger partial charge in [-0.15, -0.1) is 0 Å². The van der Waals surface area contributed by atoms with Gasteiger partial charge in [-0.25, -0.2) is 17.1 Å². The first kappa shape index (κ1) is 22.4. The van der Waals surface area contributed by atoms with Crippen LogP contribution < -0.4 is 10.6 Å². The zero-order valence-electron chi connectivity index (χ0n) is 16.2. The number of nitrogens with zero attached hydrogens (tertiary/aromatic N) is 2. The summed E-state index contributed by atoms with van der Waals surface area (Å²) >= 11 is 0. The summed E-state index contributed by atoms with van der Waals surface area (Å²) in [7, 11) is -3.15. The third kappa shape index (κ3) is 8.14. The first-order valence-corrected chi connectivity index (χ1v) is 10.8. The molecular weight excluding hydrogens is 355 g/mol. The monoisotopic (exact) mass is 386 g/mol. The Labute approximate surface area is 156 Å². The molecule has 0 saturated heterocycles. The van der Waals surface area contributed by atoms with Gasteiger partial charge in [0.15, 0.2) is 5.96 Å². The Morgan fingerprint density at radius 3 is 2.58 bits per heavy atom. The maximum absolute atomic E-state index is 13.1. The van der Waals surface area contributed by atoms with E-state index >= 15 is 0 Å². The molecule has 0 atom stereocenters. The molecule has 26 heavy (non-hydrogen) atoms. The van der Waals surface area contributed by atoms with Crippen LogP contribution in [0.2, 0.25) is 0 Å². The van der Waals surface area contributed by atoms with Crippen molar-refractivity contribution >= 4 is 16.0 Å². The van der Waals surface area contributed by atoms with Gasteiger partial charge in [-0.1, -0.05) is 13.0 Å². The smallest absolute Gasteiger partial charge is 0.211 e. The molecule has 0 aromatic heterocycles. The van der Waals surface area contributed by atoms with Crippen LogP contribution in [0.25, 0.3) is 0 Å². The highest BCUT2D eigenvalue weighted by molar-refractivity contribution is 7.88. The number of benzene rings is 1. The molecule has 148 valence electrons. The summed E-state index contributed by atoms with van der Waals surface area (Å²) in [6.07, 6.45) is 2.66. The second-order valence-corrected chi connectivity index (χ2v) is 8.10. The number of rotatable bonds is 10. The first-order valence-electron chi connectivity index (χ1n) is 9.00. The Balaban J connectivity index is 2.48. The zero-order valence-corrected chi connectivity index (χ0v) is 17.0. The minimum absolute atomic E-state index is 0.218. The fourth-order valence-corrected chi connectivity index (χ4v) is 3.52. The number of hydrogen-bond donors (Lipinski definition) is 2. The molecular formula is C18H31FN4O2S. The highest BCUT2D eigenvalue weighted by Crippen LogP contribution is 2.10. The number of nitrogens with one attached hydrogen (secondary N) is 2. The molecule has 0 radical (unpaired) electrons. The van der Waals surface area contributed by atoms with Crippen molar-refractivity contribution in [2.24, 2.45) is 4.99 Å². The minimum atomic E-state index is -3.15. The Bertz CT molecular complexity index is 692. The van der Waals surface area contributed by atoms with Gasteiger partial charge in [0.25, 0.3) is 0 Å². The minimum Gasteiger partial charge on any atom is -0.357 e. The van der Waals surface area contributed by atoms with Gasteiger partial charge >= 0.3 is 0 Å². The number of aliphatic imine (C=N–C) groups is 1. The maximum Gasteiger partial charge on any atom is 0.211 e. The average molecular weight is 387 g/mol. The van der Waals surface area contributed by atoms with Gasteiger partial charge < -0.3 is 10.6 Å². The van der Waals surface area contributed by atoms with Crippen molar-refractivity contribution in [3.05, 3.63) is 35.1 Å². The Kier molecular flexibility index (Phi) is 9.58. The van der Waals surface area contributed by atoms with Crippen molar-refractivity contribution in [2.45, 2.75) is 33.6 Å². The SMILES string of the molecule is CCNC(=NCCCN(CC)S(C)(=O)=O)NCCc1ccc(F)cc1C. The van der Waals surface area contributed by atoms with Crippen LogP contribution in [0.15, 0.2) is 23.2 Å². The van der Waals surface area contributed by atoms with Crippen LogP contribution in [0.5, 0.6) is 0 Å². The average Bonchev–Trinajstić information content (AvgIpc) is 2.55. The van der Waals surface area contributed by atoms with Gasteiger partial charge in [0, 0.05) is 32.7 Å². The molecule has 0 amide bonds. The summed E-state index contributed by atoms with van der Waals surface area (Å²) in [6.45, 7) is 8.62. The molecule has 8 heteroatoms. The van der Waals surface area contributed by atoms with Gasteiger partial charge in [-0.2, -0.15) is 0 Å². The van der Waals surface area contributed by atoms with Crippen LogP contribution >= 0.6 is 0 Å². The predicted molar refractivity (Wildman–Crippen MR) is 106 cm³/mol. The highest BCUT2D eigenvalue weighted by Gasteiger charge is 2.13. The molecule has 1 aromatic rings. The third-order valence-electron chi connectivity index (χ3n) is 3.99. The molecule has 6 nitrogen and oxygen atoms in total. The lowest BCUT2D eigenvalue weighted by atomic mass is 10.1. The fourth-order valence-electron chi connectivity index (χ4n) is 2.59. The molecule has 0 spiro atoms. The second-order valence-electron chi connectivity index (χ2n) is 6.12. The van der Waals surface area contributed by atoms with Crippen LogP contribution in [0.4, 0.5) is 4.39 Å². The third-order valence-corrected chi connectivity index (χ3v) is 5.37.